The van der Waals surface area contributed by atoms with Crippen LogP contribution < -0.4 is 0 Å². The molecular formula is C19H22FN3O2. The third kappa shape index (κ3) is 2.74. The number of H-pyrrole nitrogens is 1. The average molecular weight is 343 g/mol. The quantitative estimate of drug-likeness (QED) is 0.866. The van der Waals surface area contributed by atoms with Gasteiger partial charge in [-0.2, -0.15) is 5.10 Å². The number of halogens is 1. The molecule has 2 atom stereocenters. The molecule has 0 fully saturated rings. The average Bonchev–Trinajstić information content (AvgIpc) is 2.97. The number of amides is 1. The Hall–Kier alpha value is -2.21. The standard InChI is InChI=1S/C19H22FN3O2/c1-10-6-13-4-5-23(9-15(13)16(20)7-10)19(24)18-14-8-11(2)25-12(3)17(14)21-22-18/h6-7,11-12H,4-5,8-9H2,1-3H3,(H,21,22)/t11-,12+/m1/s1. The van der Waals surface area contributed by atoms with Gasteiger partial charge < -0.3 is 9.64 Å². The maximum absolute atomic E-state index is 14.3. The van der Waals surface area contributed by atoms with Gasteiger partial charge in [0.15, 0.2) is 5.69 Å². The molecule has 0 bridgehead atoms. The fourth-order valence-corrected chi connectivity index (χ4v) is 3.94. The molecule has 0 saturated carbocycles. The number of carbonyl (C=O) groups is 1. The van der Waals surface area contributed by atoms with Gasteiger partial charge in [0, 0.05) is 30.6 Å². The molecule has 4 rings (SSSR count). The number of nitrogens with zero attached hydrogens (tertiary/aromatic N) is 2. The summed E-state index contributed by atoms with van der Waals surface area (Å²) in [6, 6.07) is 3.54. The molecule has 1 amide bonds. The predicted molar refractivity (Wildman–Crippen MR) is 90.8 cm³/mol. The number of rotatable bonds is 1. The third-order valence-corrected chi connectivity index (χ3v) is 5.16. The second-order valence-electron chi connectivity index (χ2n) is 7.12. The maximum atomic E-state index is 14.3. The second kappa shape index (κ2) is 5.95. The highest BCUT2D eigenvalue weighted by Crippen LogP contribution is 2.31. The summed E-state index contributed by atoms with van der Waals surface area (Å²) >= 11 is 0. The lowest BCUT2D eigenvalue weighted by Gasteiger charge is -2.30. The monoisotopic (exact) mass is 343 g/mol. The minimum atomic E-state index is -0.229. The van der Waals surface area contributed by atoms with Gasteiger partial charge in [0.05, 0.1) is 17.9 Å². The number of fused-ring (bicyclic) bond motifs is 2. The van der Waals surface area contributed by atoms with E-state index >= 15 is 0 Å². The van der Waals surface area contributed by atoms with Crippen molar-refractivity contribution in [2.75, 3.05) is 6.54 Å². The molecule has 1 aromatic carbocycles. The molecule has 0 aliphatic carbocycles. The molecule has 1 N–H and O–H groups in total. The van der Waals surface area contributed by atoms with Crippen LogP contribution in [0, 0.1) is 12.7 Å². The summed E-state index contributed by atoms with van der Waals surface area (Å²) in [5, 5.41) is 7.22. The van der Waals surface area contributed by atoms with Gasteiger partial charge in [0.25, 0.3) is 5.91 Å². The van der Waals surface area contributed by atoms with Crippen LogP contribution in [0.3, 0.4) is 0 Å². The number of ether oxygens (including phenoxy) is 1. The van der Waals surface area contributed by atoms with Crippen LogP contribution in [0.25, 0.3) is 0 Å². The summed E-state index contributed by atoms with van der Waals surface area (Å²) in [4.78, 5) is 14.7. The first-order chi connectivity index (χ1) is 11.9. The van der Waals surface area contributed by atoms with E-state index in [0.717, 1.165) is 22.4 Å². The first kappa shape index (κ1) is 16.3. The van der Waals surface area contributed by atoms with Gasteiger partial charge in [-0.25, -0.2) is 4.39 Å². The Kier molecular flexibility index (Phi) is 3.87. The molecule has 0 unspecified atom stereocenters. The van der Waals surface area contributed by atoms with E-state index in [1.807, 2.05) is 26.8 Å². The van der Waals surface area contributed by atoms with Crippen LogP contribution in [-0.4, -0.2) is 33.7 Å². The smallest absolute Gasteiger partial charge is 0.274 e. The highest BCUT2D eigenvalue weighted by atomic mass is 19.1. The number of hydrogen-bond donors (Lipinski definition) is 1. The second-order valence-corrected chi connectivity index (χ2v) is 7.12. The van der Waals surface area contributed by atoms with Crippen molar-refractivity contribution in [2.24, 2.45) is 0 Å². The van der Waals surface area contributed by atoms with Crippen molar-refractivity contribution in [3.63, 3.8) is 0 Å². The predicted octanol–water partition coefficient (Wildman–Crippen LogP) is 3.08. The van der Waals surface area contributed by atoms with Crippen LogP contribution >= 0.6 is 0 Å². The molecule has 2 aromatic rings. The molecule has 1 aromatic heterocycles. The molecule has 0 spiro atoms. The van der Waals surface area contributed by atoms with Gasteiger partial charge in [0.2, 0.25) is 0 Å². The first-order valence-electron chi connectivity index (χ1n) is 8.73. The van der Waals surface area contributed by atoms with E-state index in [9.17, 15) is 9.18 Å². The van der Waals surface area contributed by atoms with Gasteiger partial charge in [-0.15, -0.1) is 0 Å². The Morgan fingerprint density at radius 3 is 2.96 bits per heavy atom. The summed E-state index contributed by atoms with van der Waals surface area (Å²) in [6.45, 7) is 6.72. The van der Waals surface area contributed by atoms with Crippen molar-refractivity contribution >= 4 is 5.91 Å². The molecule has 0 saturated heterocycles. The lowest BCUT2D eigenvalue weighted by Crippen LogP contribution is -2.37. The van der Waals surface area contributed by atoms with Gasteiger partial charge in [-0.05, 0) is 44.4 Å². The lowest BCUT2D eigenvalue weighted by atomic mass is 9.95. The fraction of sp³-hybridized carbons (Fsp3) is 0.474. The molecule has 2 aliphatic heterocycles. The lowest BCUT2D eigenvalue weighted by molar-refractivity contribution is -0.00702. The van der Waals surface area contributed by atoms with Gasteiger partial charge in [-0.3, -0.25) is 9.89 Å². The van der Waals surface area contributed by atoms with E-state index in [0.29, 0.717) is 37.2 Å². The molecule has 2 aliphatic rings. The van der Waals surface area contributed by atoms with E-state index in [2.05, 4.69) is 10.2 Å². The summed E-state index contributed by atoms with van der Waals surface area (Å²) in [7, 11) is 0. The fourth-order valence-electron chi connectivity index (χ4n) is 3.94. The zero-order valence-electron chi connectivity index (χ0n) is 14.7. The summed E-state index contributed by atoms with van der Waals surface area (Å²) in [5.74, 6) is -0.364. The highest BCUT2D eigenvalue weighted by Gasteiger charge is 2.32. The van der Waals surface area contributed by atoms with Gasteiger partial charge >= 0.3 is 0 Å². The molecule has 6 heteroatoms. The maximum Gasteiger partial charge on any atom is 0.274 e. The van der Waals surface area contributed by atoms with Crippen LogP contribution in [0.15, 0.2) is 12.1 Å². The zero-order chi connectivity index (χ0) is 17.7. The van der Waals surface area contributed by atoms with Crippen molar-refractivity contribution in [3.8, 4) is 0 Å². The summed E-state index contributed by atoms with van der Waals surface area (Å²) in [5.41, 5.74) is 4.81. The van der Waals surface area contributed by atoms with E-state index in [1.165, 1.54) is 6.07 Å². The van der Waals surface area contributed by atoms with Crippen LogP contribution in [0.5, 0.6) is 0 Å². The van der Waals surface area contributed by atoms with Crippen molar-refractivity contribution in [1.82, 2.24) is 15.1 Å². The highest BCUT2D eigenvalue weighted by molar-refractivity contribution is 5.94. The molecule has 3 heterocycles. The number of benzene rings is 1. The van der Waals surface area contributed by atoms with Crippen molar-refractivity contribution < 1.29 is 13.9 Å². The van der Waals surface area contributed by atoms with Gasteiger partial charge in [-0.1, -0.05) is 6.07 Å². The van der Waals surface area contributed by atoms with Crippen LogP contribution in [0.4, 0.5) is 4.39 Å². The molecule has 132 valence electrons. The van der Waals surface area contributed by atoms with E-state index in [4.69, 9.17) is 4.74 Å². The Labute approximate surface area is 146 Å². The Balaban J connectivity index is 1.63. The molecule has 5 nitrogen and oxygen atoms in total. The number of aromatic nitrogens is 2. The normalized spacial score (nSPS) is 22.5. The third-order valence-electron chi connectivity index (χ3n) is 5.16. The molecular weight excluding hydrogens is 321 g/mol. The minimum absolute atomic E-state index is 0.0501. The number of carbonyl (C=O) groups excluding carboxylic acids is 1. The van der Waals surface area contributed by atoms with Crippen LogP contribution in [0.1, 0.15) is 58.4 Å². The van der Waals surface area contributed by atoms with Crippen LogP contribution in [-0.2, 0) is 24.1 Å². The SMILES string of the molecule is Cc1cc(F)c2c(c1)CCN(C(=O)c1n[nH]c3c1C[C@@H](C)O[C@H]3C)C2. The minimum Gasteiger partial charge on any atom is -0.369 e. The molecule has 25 heavy (non-hydrogen) atoms. The summed E-state index contributed by atoms with van der Waals surface area (Å²) < 4.78 is 20.1. The van der Waals surface area contributed by atoms with E-state index < -0.39 is 0 Å². The first-order valence-corrected chi connectivity index (χ1v) is 8.73. The topological polar surface area (TPSA) is 58.2 Å². The molecule has 0 radical (unpaired) electrons. The van der Waals surface area contributed by atoms with E-state index in [1.54, 1.807) is 4.90 Å². The van der Waals surface area contributed by atoms with Crippen molar-refractivity contribution in [3.05, 3.63) is 51.6 Å². The Morgan fingerprint density at radius 2 is 2.16 bits per heavy atom. The van der Waals surface area contributed by atoms with Crippen LogP contribution in [0.2, 0.25) is 0 Å². The van der Waals surface area contributed by atoms with Gasteiger partial charge in [0.1, 0.15) is 5.82 Å². The van der Waals surface area contributed by atoms with Crippen molar-refractivity contribution in [2.45, 2.75) is 52.4 Å². The number of aryl methyl sites for hydroxylation is 1. The van der Waals surface area contributed by atoms with Crippen molar-refractivity contribution in [1.29, 1.82) is 0 Å². The number of hydrogen-bond acceptors (Lipinski definition) is 3. The Bertz CT molecular complexity index is 845. The number of nitrogens with one attached hydrogen (secondary N) is 1. The number of aromatic amines is 1. The summed E-state index contributed by atoms with van der Waals surface area (Å²) in [6.07, 6.45) is 1.28. The largest absolute Gasteiger partial charge is 0.369 e. The zero-order valence-corrected chi connectivity index (χ0v) is 14.7. The van der Waals surface area contributed by atoms with E-state index in [-0.39, 0.29) is 23.9 Å². The Morgan fingerprint density at radius 1 is 1.36 bits per heavy atom.